The van der Waals surface area contributed by atoms with E-state index in [4.69, 9.17) is 0 Å². The monoisotopic (exact) mass is 313 g/mol. The first-order valence-electron chi connectivity index (χ1n) is 5.54. The molecule has 5 heteroatoms. The molecule has 1 aromatic carbocycles. The van der Waals surface area contributed by atoms with Crippen LogP contribution in [0, 0.1) is 6.92 Å². The van der Waals surface area contributed by atoms with Gasteiger partial charge in [-0.3, -0.25) is 4.79 Å². The molecule has 0 fully saturated rings. The van der Waals surface area contributed by atoms with Crippen LogP contribution in [0.5, 0.6) is 0 Å². The van der Waals surface area contributed by atoms with Gasteiger partial charge in [-0.25, -0.2) is 4.79 Å². The van der Waals surface area contributed by atoms with Gasteiger partial charge in [-0.05, 0) is 19.4 Å². The number of aryl methyl sites for hydroxylation is 1. The van der Waals surface area contributed by atoms with E-state index in [1.807, 2.05) is 31.2 Å². The number of benzene rings is 1. The molecule has 0 aliphatic rings. The number of alkyl halides is 1. The first-order valence-corrected chi connectivity index (χ1v) is 6.46. The molecule has 1 rings (SSSR count). The Labute approximate surface area is 115 Å². The third-order valence-electron chi connectivity index (χ3n) is 2.51. The lowest BCUT2D eigenvalue weighted by Crippen LogP contribution is -2.40. The molecule has 1 N–H and O–H groups in total. The Morgan fingerprint density at radius 3 is 2.33 bits per heavy atom. The van der Waals surface area contributed by atoms with Crippen LogP contribution in [0.25, 0.3) is 0 Å². The van der Waals surface area contributed by atoms with Gasteiger partial charge in [0.2, 0.25) is 5.91 Å². The minimum absolute atomic E-state index is 0.267. The molecule has 0 saturated carbocycles. The van der Waals surface area contributed by atoms with E-state index in [1.54, 1.807) is 6.92 Å². The van der Waals surface area contributed by atoms with Crippen molar-refractivity contribution in [2.24, 2.45) is 0 Å². The summed E-state index contributed by atoms with van der Waals surface area (Å²) in [4.78, 5) is 22.6. The van der Waals surface area contributed by atoms with Crippen LogP contribution in [-0.2, 0) is 14.3 Å². The summed E-state index contributed by atoms with van der Waals surface area (Å²) in [6.07, 6.45) is 0. The van der Waals surface area contributed by atoms with E-state index in [1.165, 1.54) is 7.11 Å². The smallest absolute Gasteiger partial charge is 0.328 e. The highest BCUT2D eigenvalue weighted by molar-refractivity contribution is 9.09. The topological polar surface area (TPSA) is 55.4 Å². The van der Waals surface area contributed by atoms with E-state index in [2.05, 4.69) is 26.0 Å². The first-order chi connectivity index (χ1) is 8.45. The number of rotatable bonds is 4. The standard InChI is InChI=1S/C13H16BrNO3/c1-8-4-6-10(7-5-8)11(14)12(16)15-9(2)13(17)18-3/h4-7,9,11H,1-3H3,(H,15,16)/t9-,11-/m0/s1. The summed E-state index contributed by atoms with van der Waals surface area (Å²) in [5.74, 6) is -0.733. The molecule has 98 valence electrons. The van der Waals surface area contributed by atoms with Crippen LogP contribution >= 0.6 is 15.9 Å². The highest BCUT2D eigenvalue weighted by Crippen LogP contribution is 2.23. The molecule has 2 atom stereocenters. The highest BCUT2D eigenvalue weighted by atomic mass is 79.9. The number of carbonyl (C=O) groups is 2. The van der Waals surface area contributed by atoms with Crippen molar-refractivity contribution in [3.63, 3.8) is 0 Å². The van der Waals surface area contributed by atoms with Crippen molar-refractivity contribution >= 4 is 27.8 Å². The maximum absolute atomic E-state index is 11.9. The Balaban J connectivity index is 2.67. The Kier molecular flexibility index (Phi) is 5.34. The van der Waals surface area contributed by atoms with Gasteiger partial charge in [0.25, 0.3) is 0 Å². The Morgan fingerprint density at radius 1 is 1.28 bits per heavy atom. The molecule has 0 heterocycles. The van der Waals surface area contributed by atoms with Crippen molar-refractivity contribution in [3.8, 4) is 0 Å². The summed E-state index contributed by atoms with van der Waals surface area (Å²) < 4.78 is 4.55. The SMILES string of the molecule is COC(=O)[C@H](C)NC(=O)[C@@H](Br)c1ccc(C)cc1. The lowest BCUT2D eigenvalue weighted by Gasteiger charge is -2.15. The zero-order chi connectivity index (χ0) is 13.7. The normalized spacial score (nSPS) is 13.6. The van der Waals surface area contributed by atoms with Crippen molar-refractivity contribution in [3.05, 3.63) is 35.4 Å². The number of hydrogen-bond acceptors (Lipinski definition) is 3. The number of hydrogen-bond donors (Lipinski definition) is 1. The van der Waals surface area contributed by atoms with Gasteiger partial charge in [-0.15, -0.1) is 0 Å². The van der Waals surface area contributed by atoms with E-state index in [9.17, 15) is 9.59 Å². The van der Waals surface area contributed by atoms with Gasteiger partial charge in [-0.1, -0.05) is 45.8 Å². The molecule has 4 nitrogen and oxygen atoms in total. The predicted molar refractivity (Wildman–Crippen MR) is 72.5 cm³/mol. The summed E-state index contributed by atoms with van der Waals surface area (Å²) in [6, 6.07) is 6.95. The minimum Gasteiger partial charge on any atom is -0.467 e. The molecule has 1 amide bonds. The number of ether oxygens (including phenoxy) is 1. The Bertz CT molecular complexity index is 430. The van der Waals surface area contributed by atoms with Gasteiger partial charge < -0.3 is 10.1 Å². The van der Waals surface area contributed by atoms with Crippen LogP contribution in [0.15, 0.2) is 24.3 Å². The number of halogens is 1. The number of nitrogens with one attached hydrogen (secondary N) is 1. The molecular formula is C13H16BrNO3. The summed E-state index contributed by atoms with van der Waals surface area (Å²) in [6.45, 7) is 3.56. The molecule has 1 aromatic rings. The second-order valence-electron chi connectivity index (χ2n) is 4.03. The molecule has 18 heavy (non-hydrogen) atoms. The molecule has 0 aliphatic carbocycles. The van der Waals surface area contributed by atoms with Crippen molar-refractivity contribution in [2.75, 3.05) is 7.11 Å². The zero-order valence-corrected chi connectivity index (χ0v) is 12.2. The zero-order valence-electron chi connectivity index (χ0n) is 10.6. The molecule has 0 saturated heterocycles. The van der Waals surface area contributed by atoms with Crippen LogP contribution in [0.1, 0.15) is 22.9 Å². The Hall–Kier alpha value is -1.36. The van der Waals surface area contributed by atoms with Crippen LogP contribution in [-0.4, -0.2) is 25.0 Å². The quantitative estimate of drug-likeness (QED) is 0.684. The summed E-state index contributed by atoms with van der Waals surface area (Å²) in [7, 11) is 1.29. The maximum Gasteiger partial charge on any atom is 0.328 e. The molecule has 0 spiro atoms. The first kappa shape index (κ1) is 14.7. The number of methoxy groups -OCH3 is 1. The molecular weight excluding hydrogens is 298 g/mol. The largest absolute Gasteiger partial charge is 0.467 e. The second-order valence-corrected chi connectivity index (χ2v) is 4.94. The van der Waals surface area contributed by atoms with Crippen molar-refractivity contribution in [2.45, 2.75) is 24.7 Å². The predicted octanol–water partition coefficient (Wildman–Crippen LogP) is 2.11. The number of esters is 1. The van der Waals surface area contributed by atoms with E-state index in [-0.39, 0.29) is 5.91 Å². The van der Waals surface area contributed by atoms with Crippen molar-refractivity contribution in [1.29, 1.82) is 0 Å². The van der Waals surface area contributed by atoms with Gasteiger partial charge in [0.05, 0.1) is 7.11 Å². The number of carbonyl (C=O) groups excluding carboxylic acids is 2. The van der Waals surface area contributed by atoms with Crippen LogP contribution in [0.2, 0.25) is 0 Å². The lowest BCUT2D eigenvalue weighted by atomic mass is 10.1. The van der Waals surface area contributed by atoms with Crippen molar-refractivity contribution < 1.29 is 14.3 Å². The fourth-order valence-electron chi connectivity index (χ4n) is 1.41. The third-order valence-corrected chi connectivity index (χ3v) is 3.46. The van der Waals surface area contributed by atoms with Gasteiger partial charge in [0.15, 0.2) is 0 Å². The molecule has 0 aliphatic heterocycles. The van der Waals surface area contributed by atoms with Crippen LogP contribution in [0.4, 0.5) is 0 Å². The fraction of sp³-hybridized carbons (Fsp3) is 0.385. The van der Waals surface area contributed by atoms with Gasteiger partial charge in [0.1, 0.15) is 10.9 Å². The Morgan fingerprint density at radius 2 is 1.83 bits per heavy atom. The minimum atomic E-state index is -0.659. The van der Waals surface area contributed by atoms with Crippen LogP contribution < -0.4 is 5.32 Å². The van der Waals surface area contributed by atoms with E-state index >= 15 is 0 Å². The summed E-state index contributed by atoms with van der Waals surface area (Å²) in [5, 5.41) is 2.58. The van der Waals surface area contributed by atoms with Crippen molar-refractivity contribution in [1.82, 2.24) is 5.32 Å². The van der Waals surface area contributed by atoms with E-state index in [0.717, 1.165) is 11.1 Å². The van der Waals surface area contributed by atoms with Crippen LogP contribution in [0.3, 0.4) is 0 Å². The van der Waals surface area contributed by atoms with E-state index < -0.39 is 16.8 Å². The average Bonchev–Trinajstić information content (AvgIpc) is 2.37. The van der Waals surface area contributed by atoms with Gasteiger partial charge in [-0.2, -0.15) is 0 Å². The summed E-state index contributed by atoms with van der Waals surface area (Å²) in [5.41, 5.74) is 1.97. The lowest BCUT2D eigenvalue weighted by molar-refractivity contribution is -0.144. The summed E-state index contributed by atoms with van der Waals surface area (Å²) >= 11 is 3.31. The highest BCUT2D eigenvalue weighted by Gasteiger charge is 2.22. The molecule has 0 radical (unpaired) electrons. The molecule has 0 bridgehead atoms. The van der Waals surface area contributed by atoms with E-state index in [0.29, 0.717) is 0 Å². The third kappa shape index (κ3) is 3.84. The molecule has 0 aromatic heterocycles. The van der Waals surface area contributed by atoms with Gasteiger partial charge >= 0.3 is 5.97 Å². The number of amides is 1. The fourth-order valence-corrected chi connectivity index (χ4v) is 1.85. The van der Waals surface area contributed by atoms with Gasteiger partial charge in [0, 0.05) is 0 Å². The molecule has 0 unspecified atom stereocenters. The second kappa shape index (κ2) is 6.54. The average molecular weight is 314 g/mol. The maximum atomic E-state index is 11.9.